The number of halogens is 1. The second-order valence-electron chi connectivity index (χ2n) is 7.43. The van der Waals surface area contributed by atoms with E-state index in [1.165, 1.54) is 0 Å². The number of carbonyl (C=O) groups excluding carboxylic acids is 2. The fourth-order valence-corrected chi connectivity index (χ4v) is 5.17. The molecule has 2 aliphatic rings. The highest BCUT2D eigenvalue weighted by atomic mass is 79.9. The van der Waals surface area contributed by atoms with Crippen molar-refractivity contribution in [1.29, 1.82) is 0 Å². The lowest BCUT2D eigenvalue weighted by atomic mass is 10.2. The van der Waals surface area contributed by atoms with Crippen molar-refractivity contribution in [3.63, 3.8) is 0 Å². The number of carbonyl (C=O) groups is 2. The van der Waals surface area contributed by atoms with Crippen molar-refractivity contribution in [1.82, 2.24) is 0 Å². The van der Waals surface area contributed by atoms with E-state index in [4.69, 9.17) is 0 Å². The average Bonchev–Trinajstić information content (AvgIpc) is 3.45. The molecule has 1 aliphatic carbocycles. The third kappa shape index (κ3) is 4.53. The first kappa shape index (κ1) is 20.1. The van der Waals surface area contributed by atoms with Crippen LogP contribution in [0.4, 0.5) is 11.4 Å². The smallest absolute Gasteiger partial charge is 0.230 e. The molecule has 0 aromatic heterocycles. The summed E-state index contributed by atoms with van der Waals surface area (Å²) >= 11 is 3.33. The molecule has 2 aromatic rings. The van der Waals surface area contributed by atoms with Crippen molar-refractivity contribution in [3.05, 3.63) is 52.5 Å². The highest BCUT2D eigenvalue weighted by Gasteiger charge is 2.36. The number of nitrogens with one attached hydrogen (secondary N) is 1. The SMILES string of the molecule is O=C(CCS(=O)(=O)c1ccc2c(c1)CCN2C(=O)C1CC1)Nc1cccc(Br)c1. The Labute approximate surface area is 178 Å². The zero-order valence-corrected chi connectivity index (χ0v) is 18.1. The second-order valence-corrected chi connectivity index (χ2v) is 10.5. The summed E-state index contributed by atoms with van der Waals surface area (Å²) in [5.41, 5.74) is 2.30. The Morgan fingerprint density at radius 3 is 2.66 bits per heavy atom. The summed E-state index contributed by atoms with van der Waals surface area (Å²) in [5, 5.41) is 2.71. The third-order valence-corrected chi connectivity index (χ3v) is 7.41. The Kier molecular flexibility index (Phi) is 5.48. The number of hydrogen-bond donors (Lipinski definition) is 1. The Morgan fingerprint density at radius 2 is 1.93 bits per heavy atom. The molecule has 6 nitrogen and oxygen atoms in total. The van der Waals surface area contributed by atoms with Gasteiger partial charge in [0.2, 0.25) is 11.8 Å². The van der Waals surface area contributed by atoms with Crippen molar-refractivity contribution in [2.75, 3.05) is 22.5 Å². The normalized spacial score (nSPS) is 15.8. The van der Waals surface area contributed by atoms with Gasteiger partial charge in [0.1, 0.15) is 0 Å². The van der Waals surface area contributed by atoms with Gasteiger partial charge in [-0.2, -0.15) is 0 Å². The highest BCUT2D eigenvalue weighted by Crippen LogP contribution is 2.37. The van der Waals surface area contributed by atoms with Crippen molar-refractivity contribution in [3.8, 4) is 0 Å². The minimum atomic E-state index is -3.59. The Morgan fingerprint density at radius 1 is 1.14 bits per heavy atom. The van der Waals surface area contributed by atoms with E-state index in [0.717, 1.165) is 28.6 Å². The average molecular weight is 477 g/mol. The first-order valence-electron chi connectivity index (χ1n) is 9.56. The summed E-state index contributed by atoms with van der Waals surface area (Å²) in [7, 11) is -3.59. The molecular weight excluding hydrogens is 456 g/mol. The summed E-state index contributed by atoms with van der Waals surface area (Å²) in [6.45, 7) is 0.600. The first-order valence-corrected chi connectivity index (χ1v) is 12.0. The fourth-order valence-electron chi connectivity index (χ4n) is 3.49. The van der Waals surface area contributed by atoms with Gasteiger partial charge in [0.25, 0.3) is 0 Å². The van der Waals surface area contributed by atoms with Crippen molar-refractivity contribution in [2.45, 2.75) is 30.6 Å². The van der Waals surface area contributed by atoms with Crippen LogP contribution < -0.4 is 10.2 Å². The summed E-state index contributed by atoms with van der Waals surface area (Å²) in [6, 6.07) is 12.0. The van der Waals surface area contributed by atoms with Crippen LogP contribution in [-0.4, -0.2) is 32.5 Å². The number of sulfone groups is 1. The van der Waals surface area contributed by atoms with Crippen LogP contribution in [0.25, 0.3) is 0 Å². The van der Waals surface area contributed by atoms with Crippen LogP contribution in [0.15, 0.2) is 51.8 Å². The molecule has 0 radical (unpaired) electrons. The minimum Gasteiger partial charge on any atom is -0.326 e. The molecule has 0 atom stereocenters. The third-order valence-electron chi connectivity index (χ3n) is 5.20. The van der Waals surface area contributed by atoms with E-state index in [0.29, 0.717) is 18.7 Å². The number of anilines is 2. The number of rotatable bonds is 6. The number of fused-ring (bicyclic) bond motifs is 1. The molecule has 1 fully saturated rings. The molecular formula is C21H21BrN2O4S. The second kappa shape index (κ2) is 7.91. The molecule has 1 aliphatic heterocycles. The van der Waals surface area contributed by atoms with Crippen LogP contribution in [0, 0.1) is 5.92 Å². The summed E-state index contributed by atoms with van der Waals surface area (Å²) < 4.78 is 26.2. The van der Waals surface area contributed by atoms with Gasteiger partial charge in [-0.05, 0) is 61.2 Å². The monoisotopic (exact) mass is 476 g/mol. The van der Waals surface area contributed by atoms with Gasteiger partial charge in [-0.25, -0.2) is 8.42 Å². The molecule has 0 spiro atoms. The standard InChI is InChI=1S/C21H21BrN2O4S/c22-16-2-1-3-17(13-16)23-20(25)9-11-29(27,28)18-6-7-19-15(12-18)8-10-24(19)21(26)14-4-5-14/h1-3,6-7,12-14H,4-5,8-11H2,(H,23,25). The lowest BCUT2D eigenvalue weighted by molar-refractivity contribution is -0.119. The predicted octanol–water partition coefficient (Wildman–Crippen LogP) is 3.55. The molecule has 4 rings (SSSR count). The lowest BCUT2D eigenvalue weighted by Crippen LogP contribution is -2.30. The van der Waals surface area contributed by atoms with Crippen LogP contribution in [0.1, 0.15) is 24.8 Å². The van der Waals surface area contributed by atoms with Gasteiger partial charge in [-0.15, -0.1) is 0 Å². The van der Waals surface area contributed by atoms with E-state index in [9.17, 15) is 18.0 Å². The molecule has 0 unspecified atom stereocenters. The van der Waals surface area contributed by atoms with Gasteiger partial charge in [0.05, 0.1) is 10.6 Å². The fraction of sp³-hybridized carbons (Fsp3) is 0.333. The molecule has 1 saturated carbocycles. The molecule has 2 amide bonds. The van der Waals surface area contributed by atoms with Gasteiger partial charge in [-0.3, -0.25) is 9.59 Å². The maximum Gasteiger partial charge on any atom is 0.230 e. The number of hydrogen-bond acceptors (Lipinski definition) is 4. The van der Waals surface area contributed by atoms with Crippen LogP contribution in [0.3, 0.4) is 0 Å². The van der Waals surface area contributed by atoms with Crippen LogP contribution in [0.2, 0.25) is 0 Å². The Hall–Kier alpha value is -2.19. The molecule has 8 heteroatoms. The Bertz CT molecular complexity index is 1080. The maximum atomic E-state index is 12.7. The summed E-state index contributed by atoms with van der Waals surface area (Å²) in [4.78, 5) is 26.5. The maximum absolute atomic E-state index is 12.7. The molecule has 0 saturated heterocycles. The Balaban J connectivity index is 1.41. The number of benzene rings is 2. The lowest BCUT2D eigenvalue weighted by Gasteiger charge is -2.17. The van der Waals surface area contributed by atoms with Gasteiger partial charge in [0.15, 0.2) is 9.84 Å². The number of nitrogens with zero attached hydrogens (tertiary/aromatic N) is 1. The predicted molar refractivity (Wildman–Crippen MR) is 115 cm³/mol. The van der Waals surface area contributed by atoms with Gasteiger partial charge in [0, 0.05) is 34.7 Å². The summed E-state index contributed by atoms with van der Waals surface area (Å²) in [5.74, 6) is -0.346. The zero-order chi connectivity index (χ0) is 20.6. The van der Waals surface area contributed by atoms with Gasteiger partial charge < -0.3 is 10.2 Å². The van der Waals surface area contributed by atoms with Gasteiger partial charge >= 0.3 is 0 Å². The zero-order valence-electron chi connectivity index (χ0n) is 15.7. The van der Waals surface area contributed by atoms with Gasteiger partial charge in [-0.1, -0.05) is 22.0 Å². The summed E-state index contributed by atoms with van der Waals surface area (Å²) in [6.07, 6.45) is 2.41. The first-order chi connectivity index (χ1) is 13.8. The van der Waals surface area contributed by atoms with E-state index in [1.54, 1.807) is 41.3 Å². The largest absolute Gasteiger partial charge is 0.326 e. The molecule has 29 heavy (non-hydrogen) atoms. The van der Waals surface area contributed by atoms with Crippen molar-refractivity contribution < 1.29 is 18.0 Å². The van der Waals surface area contributed by atoms with E-state index in [2.05, 4.69) is 21.2 Å². The quantitative estimate of drug-likeness (QED) is 0.690. The van der Waals surface area contributed by atoms with E-state index in [-0.39, 0.29) is 34.8 Å². The molecule has 1 N–H and O–H groups in total. The highest BCUT2D eigenvalue weighted by molar-refractivity contribution is 9.10. The van der Waals surface area contributed by atoms with Crippen LogP contribution in [0.5, 0.6) is 0 Å². The van der Waals surface area contributed by atoms with Crippen LogP contribution in [-0.2, 0) is 25.8 Å². The molecule has 0 bridgehead atoms. The molecule has 152 valence electrons. The number of amides is 2. The van der Waals surface area contributed by atoms with Crippen LogP contribution >= 0.6 is 15.9 Å². The van der Waals surface area contributed by atoms with E-state index < -0.39 is 9.84 Å². The topological polar surface area (TPSA) is 83.6 Å². The van der Waals surface area contributed by atoms with Crippen molar-refractivity contribution >= 4 is 49.0 Å². The molecule has 2 aromatic carbocycles. The van der Waals surface area contributed by atoms with Crippen molar-refractivity contribution in [2.24, 2.45) is 5.92 Å². The van der Waals surface area contributed by atoms with E-state index in [1.807, 2.05) is 6.07 Å². The molecule has 1 heterocycles. The van der Waals surface area contributed by atoms with E-state index >= 15 is 0 Å². The minimum absolute atomic E-state index is 0.127.